The first-order chi connectivity index (χ1) is 15.9. The largest absolute Gasteiger partial charge is 0.748 e. The summed E-state index contributed by atoms with van der Waals surface area (Å²) in [5.74, 6) is -0.215. The molecule has 0 aliphatic rings. The number of hydrogen-bond donors (Lipinski definition) is 1. The molecule has 33 heavy (non-hydrogen) atoms. The SMILES string of the molecule is CCCCCCCCCCCCC(CCCCCCCCCCCC)(CCS(=O)(=O)[O-])[NH2+]C. The van der Waals surface area contributed by atoms with E-state index in [1.807, 2.05) is 0 Å². The van der Waals surface area contributed by atoms with E-state index < -0.39 is 10.1 Å². The Morgan fingerprint density at radius 2 is 0.848 bits per heavy atom. The van der Waals surface area contributed by atoms with Crippen LogP contribution in [0.4, 0.5) is 0 Å². The van der Waals surface area contributed by atoms with Gasteiger partial charge in [-0.25, -0.2) is 8.42 Å². The molecule has 200 valence electrons. The molecule has 0 radical (unpaired) electrons. The standard InChI is InChI=1S/C28H59NO3S/c1-4-6-8-10-12-14-16-18-20-22-24-28(29-3,26-27-33(30,31)32)25-23-21-19-17-15-13-11-9-7-5-2/h29H,4-27H2,1-3H3,(H,30,31,32). The van der Waals surface area contributed by atoms with Crippen LogP contribution in [0.5, 0.6) is 0 Å². The third kappa shape index (κ3) is 22.1. The second kappa shape index (κ2) is 22.3. The van der Waals surface area contributed by atoms with Gasteiger partial charge in [0.15, 0.2) is 0 Å². The molecule has 0 unspecified atom stereocenters. The lowest BCUT2D eigenvalue weighted by atomic mass is 9.84. The highest BCUT2D eigenvalue weighted by Gasteiger charge is 2.31. The van der Waals surface area contributed by atoms with Crippen LogP contribution in [0, 0.1) is 0 Å². The van der Waals surface area contributed by atoms with Gasteiger partial charge in [-0.3, -0.25) is 0 Å². The second-order valence-electron chi connectivity index (χ2n) is 10.5. The van der Waals surface area contributed by atoms with Crippen molar-refractivity contribution in [3.05, 3.63) is 0 Å². The number of hydrogen-bond acceptors (Lipinski definition) is 3. The van der Waals surface area contributed by atoms with Gasteiger partial charge in [0.1, 0.15) is 0 Å². The summed E-state index contributed by atoms with van der Waals surface area (Å²) in [7, 11) is -2.07. The summed E-state index contributed by atoms with van der Waals surface area (Å²) in [5.41, 5.74) is -0.0716. The van der Waals surface area contributed by atoms with E-state index in [1.165, 1.54) is 116 Å². The number of rotatable bonds is 26. The maximum Gasteiger partial charge on any atom is 0.0968 e. The van der Waals surface area contributed by atoms with Crippen molar-refractivity contribution in [3.8, 4) is 0 Å². The van der Waals surface area contributed by atoms with E-state index in [-0.39, 0.29) is 11.3 Å². The Morgan fingerprint density at radius 3 is 1.12 bits per heavy atom. The summed E-state index contributed by atoms with van der Waals surface area (Å²) in [6.45, 7) is 4.52. The number of unbranched alkanes of at least 4 members (excludes halogenated alkanes) is 18. The Morgan fingerprint density at radius 1 is 0.545 bits per heavy atom. The molecule has 5 heteroatoms. The van der Waals surface area contributed by atoms with Gasteiger partial charge in [-0.1, -0.05) is 129 Å². The molecule has 4 nitrogen and oxygen atoms in total. The molecule has 0 bridgehead atoms. The predicted octanol–water partition coefficient (Wildman–Crippen LogP) is 7.48. The molecule has 0 aromatic carbocycles. The smallest absolute Gasteiger partial charge is 0.0968 e. The van der Waals surface area contributed by atoms with Gasteiger partial charge in [0.05, 0.1) is 22.7 Å². The van der Waals surface area contributed by atoms with Crippen LogP contribution < -0.4 is 5.32 Å². The maximum absolute atomic E-state index is 11.3. The van der Waals surface area contributed by atoms with Gasteiger partial charge in [0.25, 0.3) is 0 Å². The predicted molar refractivity (Wildman–Crippen MR) is 143 cm³/mol. The minimum atomic E-state index is -4.14. The Bertz CT molecular complexity index is 483. The van der Waals surface area contributed by atoms with E-state index in [1.54, 1.807) is 0 Å². The first-order valence-electron chi connectivity index (χ1n) is 14.6. The highest BCUT2D eigenvalue weighted by molar-refractivity contribution is 7.85. The molecule has 0 aliphatic carbocycles. The molecule has 0 aromatic rings. The Hall–Kier alpha value is -0.130. The fourth-order valence-corrected chi connectivity index (χ4v) is 5.72. The second-order valence-corrected chi connectivity index (χ2v) is 12.1. The quantitative estimate of drug-likeness (QED) is 0.101. The van der Waals surface area contributed by atoms with Crippen LogP contribution in [0.2, 0.25) is 0 Å². The molecular formula is C28H59NO3S. The van der Waals surface area contributed by atoms with Gasteiger partial charge in [-0.05, 0) is 12.8 Å². The van der Waals surface area contributed by atoms with Crippen molar-refractivity contribution in [1.29, 1.82) is 0 Å². The minimum absolute atomic E-state index is 0.0716. The van der Waals surface area contributed by atoms with Crippen LogP contribution in [0.3, 0.4) is 0 Å². The number of nitrogens with two attached hydrogens (primary N) is 1. The maximum atomic E-state index is 11.3. The van der Waals surface area contributed by atoms with E-state index >= 15 is 0 Å². The van der Waals surface area contributed by atoms with E-state index in [4.69, 9.17) is 0 Å². The first-order valence-corrected chi connectivity index (χ1v) is 16.2. The molecule has 0 saturated heterocycles. The molecule has 0 saturated carbocycles. The molecule has 0 aliphatic heterocycles. The van der Waals surface area contributed by atoms with Crippen molar-refractivity contribution in [2.75, 3.05) is 12.8 Å². The van der Waals surface area contributed by atoms with E-state index in [0.29, 0.717) is 6.42 Å². The summed E-state index contributed by atoms with van der Waals surface area (Å²) >= 11 is 0. The molecule has 0 fully saturated rings. The van der Waals surface area contributed by atoms with Gasteiger partial charge in [0, 0.05) is 25.0 Å². The Kier molecular flexibility index (Phi) is 22.3. The van der Waals surface area contributed by atoms with Crippen molar-refractivity contribution in [1.82, 2.24) is 0 Å². The van der Waals surface area contributed by atoms with Crippen molar-refractivity contribution in [2.24, 2.45) is 0 Å². The van der Waals surface area contributed by atoms with Gasteiger partial charge in [-0.2, -0.15) is 0 Å². The summed E-state index contributed by atoms with van der Waals surface area (Å²) in [6, 6.07) is 0. The third-order valence-electron chi connectivity index (χ3n) is 7.52. The van der Waals surface area contributed by atoms with Crippen molar-refractivity contribution in [2.45, 2.75) is 167 Å². The van der Waals surface area contributed by atoms with Gasteiger partial charge in [0.2, 0.25) is 0 Å². The van der Waals surface area contributed by atoms with Crippen LogP contribution in [0.15, 0.2) is 0 Å². The van der Waals surface area contributed by atoms with Crippen molar-refractivity contribution < 1.29 is 18.3 Å². The fraction of sp³-hybridized carbons (Fsp3) is 1.00. The zero-order valence-corrected chi connectivity index (χ0v) is 23.5. The van der Waals surface area contributed by atoms with Crippen LogP contribution in [0.1, 0.15) is 162 Å². The van der Waals surface area contributed by atoms with Crippen molar-refractivity contribution >= 4 is 10.1 Å². The molecule has 2 N–H and O–H groups in total. The molecule has 0 amide bonds. The van der Waals surface area contributed by atoms with Gasteiger partial charge >= 0.3 is 0 Å². The lowest BCUT2D eigenvalue weighted by molar-refractivity contribution is -0.706. The van der Waals surface area contributed by atoms with Gasteiger partial charge < -0.3 is 9.87 Å². The molecule has 0 heterocycles. The minimum Gasteiger partial charge on any atom is -0.748 e. The lowest BCUT2D eigenvalue weighted by Crippen LogP contribution is -2.93. The zero-order chi connectivity index (χ0) is 24.7. The van der Waals surface area contributed by atoms with E-state index in [2.05, 4.69) is 26.2 Å². The summed E-state index contributed by atoms with van der Waals surface area (Å²) in [5, 5.41) is 2.22. The van der Waals surface area contributed by atoms with Crippen LogP contribution in [-0.4, -0.2) is 31.3 Å². The van der Waals surface area contributed by atoms with E-state index in [9.17, 15) is 13.0 Å². The van der Waals surface area contributed by atoms with Crippen LogP contribution >= 0.6 is 0 Å². The normalized spacial score (nSPS) is 12.5. The molecular weight excluding hydrogens is 430 g/mol. The zero-order valence-electron chi connectivity index (χ0n) is 22.7. The Labute approximate surface area is 208 Å². The first kappa shape index (κ1) is 32.9. The summed E-state index contributed by atoms with van der Waals surface area (Å²) < 4.78 is 33.9. The fourth-order valence-electron chi connectivity index (χ4n) is 5.07. The average molecular weight is 490 g/mol. The van der Waals surface area contributed by atoms with E-state index in [0.717, 1.165) is 25.7 Å². The molecule has 0 aromatic heterocycles. The molecule has 0 rings (SSSR count). The molecule has 0 atom stereocenters. The van der Waals surface area contributed by atoms with Crippen molar-refractivity contribution in [3.63, 3.8) is 0 Å². The Balaban J connectivity index is 4.17. The number of quaternary nitrogens is 1. The van der Waals surface area contributed by atoms with Crippen LogP contribution in [0.25, 0.3) is 0 Å². The lowest BCUT2D eigenvalue weighted by Gasteiger charge is -2.31. The third-order valence-corrected chi connectivity index (χ3v) is 8.22. The summed E-state index contributed by atoms with van der Waals surface area (Å²) in [6.07, 6.45) is 28.9. The van der Waals surface area contributed by atoms with Gasteiger partial charge in [-0.15, -0.1) is 0 Å². The highest BCUT2D eigenvalue weighted by Crippen LogP contribution is 2.24. The van der Waals surface area contributed by atoms with Crippen LogP contribution in [-0.2, 0) is 10.1 Å². The summed E-state index contributed by atoms with van der Waals surface area (Å²) in [4.78, 5) is 0. The average Bonchev–Trinajstić information content (AvgIpc) is 2.79. The monoisotopic (exact) mass is 489 g/mol. The topological polar surface area (TPSA) is 73.8 Å². The molecule has 0 spiro atoms. The highest BCUT2D eigenvalue weighted by atomic mass is 32.2.